The van der Waals surface area contributed by atoms with E-state index < -0.39 is 0 Å². The average molecular weight is 353 g/mol. The van der Waals surface area contributed by atoms with Crippen molar-refractivity contribution in [3.63, 3.8) is 0 Å². The lowest BCUT2D eigenvalue weighted by Crippen LogP contribution is -2.47. The van der Waals surface area contributed by atoms with Gasteiger partial charge in [-0.3, -0.25) is 15.0 Å². The van der Waals surface area contributed by atoms with Gasteiger partial charge in [0, 0.05) is 12.6 Å². The lowest BCUT2D eigenvalue weighted by Gasteiger charge is -2.23. The third kappa shape index (κ3) is 5.30. The van der Waals surface area contributed by atoms with Gasteiger partial charge in [0.25, 0.3) is 0 Å². The molecule has 3 amide bonds. The summed E-state index contributed by atoms with van der Waals surface area (Å²) in [5.74, 6) is -0.276. The summed E-state index contributed by atoms with van der Waals surface area (Å²) in [6, 6.07) is 14.4. The van der Waals surface area contributed by atoms with Crippen molar-refractivity contribution in [2.75, 3.05) is 13.6 Å². The van der Waals surface area contributed by atoms with Crippen LogP contribution in [0.3, 0.4) is 0 Å². The van der Waals surface area contributed by atoms with Gasteiger partial charge < -0.3 is 5.32 Å². The lowest BCUT2D eigenvalue weighted by atomic mass is 9.96. The van der Waals surface area contributed by atoms with E-state index in [1.54, 1.807) is 0 Å². The molecule has 0 saturated heterocycles. The molecule has 5 nitrogen and oxygen atoms in total. The molecule has 1 saturated carbocycles. The second kappa shape index (κ2) is 8.81. The Balaban J connectivity index is 1.46. The smallest absolute Gasteiger partial charge is 0.321 e. The fraction of sp³-hybridized carbons (Fsp3) is 0.429. The molecule has 5 heteroatoms. The molecule has 1 aliphatic rings. The van der Waals surface area contributed by atoms with E-state index >= 15 is 0 Å². The first-order chi connectivity index (χ1) is 12.6. The molecule has 0 aliphatic heterocycles. The summed E-state index contributed by atoms with van der Waals surface area (Å²) >= 11 is 0. The Morgan fingerprint density at radius 1 is 1.04 bits per heavy atom. The number of amides is 3. The number of nitrogens with zero attached hydrogens (tertiary/aromatic N) is 1. The quantitative estimate of drug-likeness (QED) is 0.866. The highest BCUT2D eigenvalue weighted by Gasteiger charge is 2.17. The highest BCUT2D eigenvalue weighted by Crippen LogP contribution is 2.17. The highest BCUT2D eigenvalue weighted by atomic mass is 16.2. The van der Waals surface area contributed by atoms with Crippen LogP contribution in [0.4, 0.5) is 4.79 Å². The maximum Gasteiger partial charge on any atom is 0.321 e. The number of likely N-dealkylation sites (N-methyl/N-ethyl adjacent to an activating group) is 1. The molecular formula is C21H27N3O2. The molecule has 1 fully saturated rings. The van der Waals surface area contributed by atoms with E-state index in [2.05, 4.69) is 41.0 Å². The zero-order chi connectivity index (χ0) is 18.4. The van der Waals surface area contributed by atoms with E-state index in [1.807, 2.05) is 24.1 Å². The largest absolute Gasteiger partial charge is 0.335 e. The Bertz CT molecular complexity index is 769. The second-order valence-corrected chi connectivity index (χ2v) is 7.21. The molecule has 0 spiro atoms. The van der Waals surface area contributed by atoms with Crippen LogP contribution in [0.2, 0.25) is 0 Å². The molecule has 2 aromatic rings. The standard InChI is InChI=1S/C21H27N3O2/c1-24(14-16-11-12-17-7-5-6-8-18(17)13-16)15-20(25)23-21(26)22-19-9-3-2-4-10-19/h5-8,11-13,19H,2-4,9-10,14-15H2,1H3,(H2,22,23,25,26). The van der Waals surface area contributed by atoms with Crippen LogP contribution in [-0.2, 0) is 11.3 Å². The number of hydrogen-bond donors (Lipinski definition) is 2. The molecule has 0 bridgehead atoms. The van der Waals surface area contributed by atoms with E-state index in [0.717, 1.165) is 31.2 Å². The van der Waals surface area contributed by atoms with Gasteiger partial charge in [0.15, 0.2) is 0 Å². The van der Waals surface area contributed by atoms with Crippen LogP contribution in [0.15, 0.2) is 42.5 Å². The molecule has 2 N–H and O–H groups in total. The minimum Gasteiger partial charge on any atom is -0.335 e. The first-order valence-electron chi connectivity index (χ1n) is 9.37. The first kappa shape index (κ1) is 18.4. The summed E-state index contributed by atoms with van der Waals surface area (Å²) in [5, 5.41) is 7.74. The van der Waals surface area contributed by atoms with Crippen molar-refractivity contribution in [1.82, 2.24) is 15.5 Å². The molecule has 0 atom stereocenters. The van der Waals surface area contributed by atoms with Crippen molar-refractivity contribution in [2.45, 2.75) is 44.7 Å². The van der Waals surface area contributed by atoms with Crippen molar-refractivity contribution >= 4 is 22.7 Å². The fourth-order valence-corrected chi connectivity index (χ4v) is 3.58. The van der Waals surface area contributed by atoms with Crippen molar-refractivity contribution in [3.05, 3.63) is 48.0 Å². The normalized spacial score (nSPS) is 15.2. The zero-order valence-electron chi connectivity index (χ0n) is 15.3. The Hall–Kier alpha value is -2.40. The SMILES string of the molecule is CN(CC(=O)NC(=O)NC1CCCCC1)Cc1ccc2ccccc2c1. The average Bonchev–Trinajstić information content (AvgIpc) is 2.62. The summed E-state index contributed by atoms with van der Waals surface area (Å²) in [6.45, 7) is 0.841. The van der Waals surface area contributed by atoms with Crippen LogP contribution < -0.4 is 10.6 Å². The summed E-state index contributed by atoms with van der Waals surface area (Å²) in [5.41, 5.74) is 1.14. The number of carbonyl (C=O) groups is 2. The maximum atomic E-state index is 12.1. The van der Waals surface area contributed by atoms with Crippen LogP contribution in [0.1, 0.15) is 37.7 Å². The van der Waals surface area contributed by atoms with E-state index in [0.29, 0.717) is 6.54 Å². The number of nitrogens with one attached hydrogen (secondary N) is 2. The molecular weight excluding hydrogens is 326 g/mol. The monoisotopic (exact) mass is 353 g/mol. The number of carbonyl (C=O) groups excluding carboxylic acids is 2. The summed E-state index contributed by atoms with van der Waals surface area (Å²) < 4.78 is 0. The maximum absolute atomic E-state index is 12.1. The Kier molecular flexibility index (Phi) is 6.23. The third-order valence-corrected chi connectivity index (χ3v) is 4.87. The predicted octanol–water partition coefficient (Wildman–Crippen LogP) is 3.43. The van der Waals surface area contributed by atoms with Crippen LogP contribution >= 0.6 is 0 Å². The topological polar surface area (TPSA) is 61.4 Å². The van der Waals surface area contributed by atoms with Gasteiger partial charge in [0.05, 0.1) is 6.54 Å². The van der Waals surface area contributed by atoms with E-state index in [1.165, 1.54) is 17.2 Å². The molecule has 0 unspecified atom stereocenters. The van der Waals surface area contributed by atoms with Crippen LogP contribution in [-0.4, -0.2) is 36.5 Å². The molecule has 0 aromatic heterocycles. The van der Waals surface area contributed by atoms with Gasteiger partial charge in [0.1, 0.15) is 0 Å². The van der Waals surface area contributed by atoms with Crippen LogP contribution in [0.25, 0.3) is 10.8 Å². The number of hydrogen-bond acceptors (Lipinski definition) is 3. The number of fused-ring (bicyclic) bond motifs is 1. The Labute approximate surface area is 154 Å². The van der Waals surface area contributed by atoms with Crippen LogP contribution in [0.5, 0.6) is 0 Å². The van der Waals surface area contributed by atoms with Crippen molar-refractivity contribution in [3.8, 4) is 0 Å². The second-order valence-electron chi connectivity index (χ2n) is 7.21. The minimum atomic E-state index is -0.374. The minimum absolute atomic E-state index is 0.185. The van der Waals surface area contributed by atoms with Gasteiger partial charge in [-0.05, 0) is 42.3 Å². The van der Waals surface area contributed by atoms with E-state index in [4.69, 9.17) is 0 Å². The number of rotatable bonds is 5. The Morgan fingerprint density at radius 3 is 2.54 bits per heavy atom. The molecule has 0 radical (unpaired) electrons. The van der Waals surface area contributed by atoms with Gasteiger partial charge in [-0.25, -0.2) is 4.79 Å². The number of urea groups is 1. The molecule has 1 aliphatic carbocycles. The summed E-state index contributed by atoms with van der Waals surface area (Å²) in [6.07, 6.45) is 5.53. The fourth-order valence-electron chi connectivity index (χ4n) is 3.58. The Morgan fingerprint density at radius 2 is 1.77 bits per heavy atom. The molecule has 3 rings (SSSR count). The van der Waals surface area contributed by atoms with Gasteiger partial charge in [-0.1, -0.05) is 55.7 Å². The van der Waals surface area contributed by atoms with Gasteiger partial charge >= 0.3 is 6.03 Å². The third-order valence-electron chi connectivity index (χ3n) is 4.87. The van der Waals surface area contributed by atoms with Gasteiger partial charge in [0.2, 0.25) is 5.91 Å². The van der Waals surface area contributed by atoms with E-state index in [-0.39, 0.29) is 24.5 Å². The molecule has 2 aromatic carbocycles. The van der Waals surface area contributed by atoms with Crippen molar-refractivity contribution in [2.24, 2.45) is 0 Å². The molecule has 138 valence electrons. The lowest BCUT2D eigenvalue weighted by molar-refractivity contribution is -0.121. The summed E-state index contributed by atoms with van der Waals surface area (Å²) in [7, 11) is 1.88. The van der Waals surface area contributed by atoms with Crippen molar-refractivity contribution in [1.29, 1.82) is 0 Å². The molecule has 0 heterocycles. The number of benzene rings is 2. The predicted molar refractivity (Wildman–Crippen MR) is 104 cm³/mol. The van der Waals surface area contributed by atoms with Crippen LogP contribution in [0, 0.1) is 0 Å². The zero-order valence-corrected chi connectivity index (χ0v) is 15.3. The first-order valence-corrected chi connectivity index (χ1v) is 9.37. The van der Waals surface area contributed by atoms with Gasteiger partial charge in [-0.15, -0.1) is 0 Å². The van der Waals surface area contributed by atoms with Gasteiger partial charge in [-0.2, -0.15) is 0 Å². The summed E-state index contributed by atoms with van der Waals surface area (Å²) in [4.78, 5) is 26.0. The number of imide groups is 1. The highest BCUT2D eigenvalue weighted by molar-refractivity contribution is 5.95. The molecule has 26 heavy (non-hydrogen) atoms. The van der Waals surface area contributed by atoms with E-state index in [9.17, 15) is 9.59 Å². The van der Waals surface area contributed by atoms with Crippen molar-refractivity contribution < 1.29 is 9.59 Å².